The Balaban J connectivity index is 1.52. The highest BCUT2D eigenvalue weighted by molar-refractivity contribution is 5.66. The quantitative estimate of drug-likeness (QED) is 0.910. The molecule has 134 valence electrons. The zero-order valence-electron chi connectivity index (χ0n) is 14.7. The Labute approximate surface area is 152 Å². The van der Waals surface area contributed by atoms with Gasteiger partial charge in [-0.1, -0.05) is 12.1 Å². The van der Waals surface area contributed by atoms with Gasteiger partial charge < -0.3 is 19.7 Å². The monoisotopic (exact) mass is 351 g/mol. The fraction of sp³-hybridized carbons (Fsp3) is 0.421. The van der Waals surface area contributed by atoms with Gasteiger partial charge in [-0.25, -0.2) is 9.97 Å². The molecule has 2 aromatic rings. The average Bonchev–Trinajstić information content (AvgIpc) is 3.10. The number of anilines is 3. The zero-order valence-corrected chi connectivity index (χ0v) is 14.7. The first-order chi connectivity index (χ1) is 12.7. The molecule has 0 amide bonds. The minimum absolute atomic E-state index is 0.397. The Hall–Kier alpha value is -2.69. The first-order valence-corrected chi connectivity index (χ1v) is 8.82. The molecule has 1 aromatic heterocycles. The summed E-state index contributed by atoms with van der Waals surface area (Å²) in [6.45, 7) is 4.88. The zero-order chi connectivity index (χ0) is 18.0. The van der Waals surface area contributed by atoms with Crippen molar-refractivity contribution in [3.8, 4) is 6.07 Å². The van der Waals surface area contributed by atoms with Crippen LogP contribution in [0.15, 0.2) is 30.3 Å². The van der Waals surface area contributed by atoms with Crippen LogP contribution in [0.1, 0.15) is 24.2 Å². The summed E-state index contributed by atoms with van der Waals surface area (Å²) in [5.74, 6) is 1.85. The lowest BCUT2D eigenvalue weighted by Crippen LogP contribution is -2.45. The van der Waals surface area contributed by atoms with Gasteiger partial charge in [-0.3, -0.25) is 0 Å². The van der Waals surface area contributed by atoms with Crippen LogP contribution < -0.4 is 10.2 Å². The maximum absolute atomic E-state index is 9.26. The molecule has 0 unspecified atom stereocenters. The number of hydrogen-bond donors (Lipinski definition) is 1. The summed E-state index contributed by atoms with van der Waals surface area (Å²) in [4.78, 5) is 11.3. The normalized spacial score (nSPS) is 18.7. The van der Waals surface area contributed by atoms with Gasteiger partial charge >= 0.3 is 0 Å². The second kappa shape index (κ2) is 6.90. The number of aryl methyl sites for hydroxylation is 1. The minimum Gasteiger partial charge on any atom is -0.356 e. The van der Waals surface area contributed by atoms with Gasteiger partial charge in [-0.05, 0) is 19.1 Å². The fourth-order valence-corrected chi connectivity index (χ4v) is 3.47. The van der Waals surface area contributed by atoms with E-state index < -0.39 is 5.79 Å². The number of para-hydroxylation sites is 1. The molecule has 0 atom stereocenters. The summed E-state index contributed by atoms with van der Waals surface area (Å²) in [5.41, 5.74) is 1.32. The summed E-state index contributed by atoms with van der Waals surface area (Å²) in [6, 6.07) is 11.5. The second-order valence-corrected chi connectivity index (χ2v) is 6.54. The number of nitrogens with zero attached hydrogens (tertiary/aromatic N) is 4. The number of rotatable bonds is 3. The number of nitrogens with one attached hydrogen (secondary N) is 1. The number of benzene rings is 1. The molecular weight excluding hydrogens is 330 g/mol. The van der Waals surface area contributed by atoms with Crippen molar-refractivity contribution in [2.24, 2.45) is 0 Å². The van der Waals surface area contributed by atoms with Crippen molar-refractivity contribution in [1.82, 2.24) is 9.97 Å². The van der Waals surface area contributed by atoms with Crippen LogP contribution in [0.4, 0.5) is 17.3 Å². The van der Waals surface area contributed by atoms with E-state index in [0.717, 1.165) is 37.4 Å². The molecule has 4 rings (SSSR count). The summed E-state index contributed by atoms with van der Waals surface area (Å²) < 4.78 is 11.6. The second-order valence-electron chi connectivity index (χ2n) is 6.54. The maximum Gasteiger partial charge on any atom is 0.171 e. The van der Waals surface area contributed by atoms with E-state index in [4.69, 9.17) is 9.47 Å². The van der Waals surface area contributed by atoms with Gasteiger partial charge in [0, 0.05) is 32.0 Å². The average molecular weight is 351 g/mol. The van der Waals surface area contributed by atoms with Crippen molar-refractivity contribution in [1.29, 1.82) is 5.26 Å². The molecule has 0 aliphatic carbocycles. The third-order valence-electron chi connectivity index (χ3n) is 4.80. The Morgan fingerprint density at radius 3 is 2.62 bits per heavy atom. The molecule has 1 N–H and O–H groups in total. The summed E-state index contributed by atoms with van der Waals surface area (Å²) in [6.07, 6.45) is 1.66. The predicted molar refractivity (Wildman–Crippen MR) is 97.3 cm³/mol. The molecule has 7 heteroatoms. The largest absolute Gasteiger partial charge is 0.356 e. The van der Waals surface area contributed by atoms with Crippen molar-refractivity contribution in [3.05, 3.63) is 41.7 Å². The molecule has 26 heavy (non-hydrogen) atoms. The van der Waals surface area contributed by atoms with E-state index in [2.05, 4.69) is 26.3 Å². The molecule has 0 radical (unpaired) electrons. The van der Waals surface area contributed by atoms with Gasteiger partial charge in [0.15, 0.2) is 5.79 Å². The molecule has 1 aromatic carbocycles. The molecule has 0 bridgehead atoms. The number of hydrogen-bond acceptors (Lipinski definition) is 7. The van der Waals surface area contributed by atoms with E-state index >= 15 is 0 Å². The van der Waals surface area contributed by atoms with Crippen LogP contribution in [0.3, 0.4) is 0 Å². The molecule has 2 aliphatic rings. The van der Waals surface area contributed by atoms with Crippen LogP contribution in [0.2, 0.25) is 0 Å². The van der Waals surface area contributed by atoms with Gasteiger partial charge in [-0.2, -0.15) is 5.26 Å². The van der Waals surface area contributed by atoms with Gasteiger partial charge in [0.05, 0.1) is 24.5 Å². The number of ether oxygens (including phenoxy) is 2. The van der Waals surface area contributed by atoms with Crippen molar-refractivity contribution < 1.29 is 9.47 Å². The van der Waals surface area contributed by atoms with Crippen LogP contribution in [0.5, 0.6) is 0 Å². The Kier molecular flexibility index (Phi) is 4.45. The smallest absolute Gasteiger partial charge is 0.171 e. The fourth-order valence-electron chi connectivity index (χ4n) is 3.47. The number of nitriles is 1. The van der Waals surface area contributed by atoms with Gasteiger partial charge in [0.2, 0.25) is 0 Å². The number of aromatic nitrogens is 2. The molecule has 7 nitrogen and oxygen atoms in total. The Morgan fingerprint density at radius 2 is 1.88 bits per heavy atom. The Bertz CT molecular complexity index is 832. The Morgan fingerprint density at radius 1 is 1.15 bits per heavy atom. The van der Waals surface area contributed by atoms with Crippen molar-refractivity contribution in [2.45, 2.75) is 25.6 Å². The van der Waals surface area contributed by atoms with Crippen LogP contribution in [0, 0.1) is 18.3 Å². The maximum atomic E-state index is 9.26. The predicted octanol–water partition coefficient (Wildman–Crippen LogP) is 2.74. The van der Waals surface area contributed by atoms with E-state index in [1.165, 1.54) is 0 Å². The third-order valence-corrected chi connectivity index (χ3v) is 4.80. The van der Waals surface area contributed by atoms with Gasteiger partial charge in [0.25, 0.3) is 0 Å². The van der Waals surface area contributed by atoms with Gasteiger partial charge in [-0.15, -0.1) is 0 Å². The van der Waals surface area contributed by atoms with E-state index in [0.29, 0.717) is 30.4 Å². The third kappa shape index (κ3) is 3.34. The van der Waals surface area contributed by atoms with E-state index in [1.807, 2.05) is 31.2 Å². The highest BCUT2D eigenvalue weighted by Crippen LogP contribution is 2.33. The first-order valence-electron chi connectivity index (χ1n) is 8.82. The van der Waals surface area contributed by atoms with Crippen molar-refractivity contribution >= 4 is 17.3 Å². The molecule has 2 aliphatic heterocycles. The minimum atomic E-state index is -0.397. The van der Waals surface area contributed by atoms with E-state index in [1.54, 1.807) is 6.07 Å². The topological polar surface area (TPSA) is 83.3 Å². The SMILES string of the molecule is Cc1nc(Nc2ccccc2C#N)cc(N2CCC3(CC2)OCCO3)n1. The summed E-state index contributed by atoms with van der Waals surface area (Å²) in [5, 5.41) is 12.5. The lowest BCUT2D eigenvalue weighted by atomic mass is 10.0. The highest BCUT2D eigenvalue weighted by atomic mass is 16.7. The molecular formula is C19H21N5O2. The van der Waals surface area contributed by atoms with Crippen LogP contribution in [0.25, 0.3) is 0 Å². The molecule has 1 spiro atoms. The highest BCUT2D eigenvalue weighted by Gasteiger charge is 2.40. The lowest BCUT2D eigenvalue weighted by Gasteiger charge is -2.38. The number of piperidine rings is 1. The van der Waals surface area contributed by atoms with Crippen molar-refractivity contribution in [3.63, 3.8) is 0 Å². The molecule has 0 saturated carbocycles. The summed E-state index contributed by atoms with van der Waals surface area (Å²) in [7, 11) is 0. The van der Waals surface area contributed by atoms with Crippen LogP contribution >= 0.6 is 0 Å². The molecule has 2 saturated heterocycles. The van der Waals surface area contributed by atoms with E-state index in [-0.39, 0.29) is 0 Å². The molecule has 3 heterocycles. The van der Waals surface area contributed by atoms with Crippen molar-refractivity contribution in [2.75, 3.05) is 36.5 Å². The standard InChI is InChI=1S/C19H21N5O2/c1-14-21-17(23-16-5-3-2-4-15(16)13-20)12-18(22-14)24-8-6-19(7-9-24)25-10-11-26-19/h2-5,12H,6-11H2,1H3,(H,21,22,23). The van der Waals surface area contributed by atoms with Gasteiger partial charge in [0.1, 0.15) is 23.5 Å². The van der Waals surface area contributed by atoms with E-state index in [9.17, 15) is 5.26 Å². The van der Waals surface area contributed by atoms with Crippen LogP contribution in [-0.2, 0) is 9.47 Å². The lowest BCUT2D eigenvalue weighted by molar-refractivity contribution is -0.169. The molecule has 2 fully saturated rings. The van der Waals surface area contributed by atoms with Crippen LogP contribution in [-0.4, -0.2) is 42.1 Å². The first kappa shape index (κ1) is 16.8. The summed E-state index contributed by atoms with van der Waals surface area (Å²) >= 11 is 0.